The number of alkyl halides is 4. The Morgan fingerprint density at radius 3 is 2.13 bits per heavy atom. The van der Waals surface area contributed by atoms with E-state index in [9.17, 15) is 45.5 Å². The van der Waals surface area contributed by atoms with E-state index >= 15 is 0 Å². The minimum atomic E-state index is -6.58. The Morgan fingerprint density at radius 1 is 1.10 bits per heavy atom. The highest BCUT2D eigenvalue weighted by molar-refractivity contribution is 7.86. The fourth-order valence-corrected chi connectivity index (χ4v) is 5.88. The van der Waals surface area contributed by atoms with Crippen molar-refractivity contribution in [1.29, 1.82) is 0 Å². The lowest BCUT2D eigenvalue weighted by Crippen LogP contribution is -2.67. The lowest BCUT2D eigenvalue weighted by atomic mass is 9.50. The number of hydrogen-bond acceptors (Lipinski definition) is 8. The maximum atomic E-state index is 13.4. The van der Waals surface area contributed by atoms with E-state index in [-0.39, 0.29) is 30.8 Å². The minimum absolute atomic E-state index is 0.0234. The molecule has 13 heteroatoms. The fourth-order valence-electron chi connectivity index (χ4n) is 5.42. The van der Waals surface area contributed by atoms with Gasteiger partial charge in [-0.1, -0.05) is 6.58 Å². The minimum Gasteiger partial charge on any atom is -0.743 e. The Bertz CT molecular complexity index is 856. The van der Waals surface area contributed by atoms with Crippen LogP contribution in [-0.2, 0) is 24.4 Å². The van der Waals surface area contributed by atoms with E-state index in [1.165, 1.54) is 0 Å². The molecule has 4 bridgehead atoms. The topological polar surface area (TPSA) is 133 Å². The third-order valence-corrected chi connectivity index (χ3v) is 7.06. The van der Waals surface area contributed by atoms with Crippen molar-refractivity contribution in [2.45, 2.75) is 72.9 Å². The van der Waals surface area contributed by atoms with Crippen molar-refractivity contribution in [3.05, 3.63) is 12.2 Å². The van der Waals surface area contributed by atoms with Crippen LogP contribution in [0.5, 0.6) is 0 Å². The van der Waals surface area contributed by atoms with Crippen molar-refractivity contribution in [2.75, 3.05) is 13.2 Å². The van der Waals surface area contributed by atoms with Gasteiger partial charge in [0.2, 0.25) is 0 Å². The van der Waals surface area contributed by atoms with Gasteiger partial charge in [0, 0.05) is 25.7 Å². The van der Waals surface area contributed by atoms with Gasteiger partial charge in [0.25, 0.3) is 0 Å². The Kier molecular flexibility index (Phi) is 5.79. The first kappa shape index (κ1) is 24.4. The molecule has 4 aliphatic carbocycles. The van der Waals surface area contributed by atoms with Crippen LogP contribution in [0.1, 0.15) is 44.9 Å². The summed E-state index contributed by atoms with van der Waals surface area (Å²) in [6.07, 6.45) is 0.135. The Balaban J connectivity index is 1.51. The van der Waals surface area contributed by atoms with Gasteiger partial charge < -0.3 is 24.2 Å². The van der Waals surface area contributed by atoms with Crippen LogP contribution in [-0.4, -0.2) is 70.3 Å². The third-order valence-electron chi connectivity index (χ3n) is 6.13. The molecule has 31 heavy (non-hydrogen) atoms. The second kappa shape index (κ2) is 7.37. The summed E-state index contributed by atoms with van der Waals surface area (Å²) < 4.78 is 94.1. The van der Waals surface area contributed by atoms with E-state index in [0.717, 1.165) is 0 Å². The highest BCUT2D eigenvalue weighted by atomic mass is 32.2. The summed E-state index contributed by atoms with van der Waals surface area (Å²) in [4.78, 5) is 12.4. The number of esters is 1. The van der Waals surface area contributed by atoms with Gasteiger partial charge in [-0.3, -0.25) is 0 Å². The van der Waals surface area contributed by atoms with Gasteiger partial charge in [0.05, 0.1) is 30.0 Å². The molecule has 2 N–H and O–H groups in total. The molecule has 4 saturated carbocycles. The maximum Gasteiger partial charge on any atom is 0.396 e. The van der Waals surface area contributed by atoms with Crippen LogP contribution < -0.4 is 0 Å². The molecule has 0 aromatic heterocycles. The number of ether oxygens (including phenoxy) is 2. The third kappa shape index (κ3) is 4.61. The standard InChI is InChI=1S/C18H24F4O8S/c1-11(7-29-3-2-17(19,20)18(21,22)31(26,27)28)13(23)30-16-6-12-4-14(24,9-16)8-15(25,5-12)10-16/h12,24-25H,1-10H2,(H,26,27,28)/p-1. The van der Waals surface area contributed by atoms with Crippen LogP contribution >= 0.6 is 0 Å². The molecule has 2 atom stereocenters. The average Bonchev–Trinajstić information content (AvgIpc) is 2.53. The van der Waals surface area contributed by atoms with Gasteiger partial charge in [0.1, 0.15) is 5.60 Å². The van der Waals surface area contributed by atoms with E-state index in [0.29, 0.717) is 19.3 Å². The lowest BCUT2D eigenvalue weighted by Gasteiger charge is -2.62. The summed E-state index contributed by atoms with van der Waals surface area (Å²) in [5.74, 6) is -6.14. The number of hydrogen-bond donors (Lipinski definition) is 2. The molecular formula is C18H23F4O8S-. The second-order valence-electron chi connectivity index (χ2n) is 9.11. The molecule has 4 aliphatic rings. The Labute approximate surface area is 176 Å². The zero-order valence-electron chi connectivity index (χ0n) is 16.4. The molecule has 0 spiro atoms. The molecule has 2 unspecified atom stereocenters. The molecule has 8 nitrogen and oxygen atoms in total. The predicted octanol–water partition coefficient (Wildman–Crippen LogP) is 1.46. The monoisotopic (exact) mass is 475 g/mol. The molecule has 0 radical (unpaired) electrons. The highest BCUT2D eigenvalue weighted by Gasteiger charge is 2.64. The van der Waals surface area contributed by atoms with Gasteiger partial charge in [-0.2, -0.15) is 17.6 Å². The number of rotatable bonds is 9. The summed E-state index contributed by atoms with van der Waals surface area (Å²) in [5.41, 5.74) is -3.71. The first-order valence-electron chi connectivity index (χ1n) is 9.56. The van der Waals surface area contributed by atoms with Gasteiger partial charge in [0.15, 0.2) is 10.1 Å². The number of carbonyl (C=O) groups is 1. The predicted molar refractivity (Wildman–Crippen MR) is 94.1 cm³/mol. The zero-order valence-corrected chi connectivity index (χ0v) is 17.2. The van der Waals surface area contributed by atoms with Gasteiger partial charge >= 0.3 is 17.1 Å². The largest absolute Gasteiger partial charge is 0.743 e. The molecule has 0 amide bonds. The quantitative estimate of drug-likeness (QED) is 0.168. The van der Waals surface area contributed by atoms with Crippen LogP contribution in [0.4, 0.5) is 17.6 Å². The average molecular weight is 475 g/mol. The van der Waals surface area contributed by atoms with E-state index in [1.807, 2.05) is 0 Å². The van der Waals surface area contributed by atoms with Crippen molar-refractivity contribution >= 4 is 16.1 Å². The van der Waals surface area contributed by atoms with Crippen LogP contribution in [0.2, 0.25) is 0 Å². The number of aliphatic hydroxyl groups is 2. The summed E-state index contributed by atoms with van der Waals surface area (Å²) >= 11 is 0. The van der Waals surface area contributed by atoms with Gasteiger partial charge in [-0.25, -0.2) is 13.2 Å². The van der Waals surface area contributed by atoms with Crippen LogP contribution in [0.3, 0.4) is 0 Å². The van der Waals surface area contributed by atoms with Crippen LogP contribution in [0, 0.1) is 5.92 Å². The molecule has 178 valence electrons. The summed E-state index contributed by atoms with van der Waals surface area (Å²) in [7, 11) is -6.58. The maximum absolute atomic E-state index is 13.4. The number of halogens is 4. The fraction of sp³-hybridized carbons (Fsp3) is 0.833. The second-order valence-corrected chi connectivity index (χ2v) is 10.5. The van der Waals surface area contributed by atoms with E-state index in [1.54, 1.807) is 0 Å². The SMILES string of the molecule is C=C(COCCC(F)(F)C(F)(F)S(=O)(=O)[O-])C(=O)OC12CC3CC(O)(CC(O)(C3)C1)C2. The van der Waals surface area contributed by atoms with Crippen molar-refractivity contribution < 1.29 is 55.0 Å². The molecule has 0 aliphatic heterocycles. The highest BCUT2D eigenvalue weighted by Crippen LogP contribution is 2.60. The van der Waals surface area contributed by atoms with Crippen molar-refractivity contribution in [1.82, 2.24) is 0 Å². The van der Waals surface area contributed by atoms with Crippen LogP contribution in [0.15, 0.2) is 12.2 Å². The molecule has 0 saturated heterocycles. The van der Waals surface area contributed by atoms with E-state index in [2.05, 4.69) is 6.58 Å². The summed E-state index contributed by atoms with van der Waals surface area (Å²) in [6, 6.07) is 0. The first-order valence-corrected chi connectivity index (χ1v) is 11.0. The summed E-state index contributed by atoms with van der Waals surface area (Å²) in [5, 5.41) is 15.5. The Morgan fingerprint density at radius 2 is 1.65 bits per heavy atom. The van der Waals surface area contributed by atoms with Crippen LogP contribution in [0.25, 0.3) is 0 Å². The zero-order chi connectivity index (χ0) is 23.5. The molecule has 0 aromatic rings. The lowest BCUT2D eigenvalue weighted by molar-refractivity contribution is -0.260. The van der Waals surface area contributed by atoms with Crippen molar-refractivity contribution in [3.8, 4) is 0 Å². The van der Waals surface area contributed by atoms with Crippen molar-refractivity contribution in [3.63, 3.8) is 0 Å². The normalized spacial score (nSPS) is 35.3. The van der Waals surface area contributed by atoms with E-state index in [4.69, 9.17) is 9.47 Å². The number of carbonyl (C=O) groups excluding carboxylic acids is 1. The van der Waals surface area contributed by atoms with Crippen molar-refractivity contribution in [2.24, 2.45) is 5.92 Å². The molecule has 4 rings (SSSR count). The molecule has 0 heterocycles. The summed E-state index contributed by atoms with van der Waals surface area (Å²) in [6.45, 7) is 1.65. The smallest absolute Gasteiger partial charge is 0.396 e. The Hall–Kier alpha value is -1.28. The first-order chi connectivity index (χ1) is 13.9. The van der Waals surface area contributed by atoms with E-state index < -0.39 is 63.7 Å². The molecule has 0 aromatic carbocycles. The van der Waals surface area contributed by atoms with Gasteiger partial charge in [-0.05, 0) is 25.2 Å². The van der Waals surface area contributed by atoms with Gasteiger partial charge in [-0.15, -0.1) is 0 Å². The molecule has 4 fully saturated rings. The molecular weight excluding hydrogens is 452 g/mol.